The van der Waals surface area contributed by atoms with Gasteiger partial charge in [-0.2, -0.15) is 0 Å². The molecule has 2 unspecified atom stereocenters. The highest BCUT2D eigenvalue weighted by atomic mass is 19.1. The van der Waals surface area contributed by atoms with Gasteiger partial charge >= 0.3 is 0 Å². The van der Waals surface area contributed by atoms with Crippen molar-refractivity contribution in [3.63, 3.8) is 0 Å². The van der Waals surface area contributed by atoms with Gasteiger partial charge in [-0.05, 0) is 27.0 Å². The van der Waals surface area contributed by atoms with E-state index < -0.39 is 11.6 Å². The largest absolute Gasteiger partial charge is 0.374 e. The molecule has 0 bridgehead atoms. The summed E-state index contributed by atoms with van der Waals surface area (Å²) in [4.78, 5) is 2.21. The van der Waals surface area contributed by atoms with Crippen LogP contribution in [0.4, 0.5) is 8.78 Å². The fourth-order valence-electron chi connectivity index (χ4n) is 2.82. The van der Waals surface area contributed by atoms with E-state index >= 15 is 0 Å². The standard InChI is InChI=1S/C15H22F2N2O/c1-10(2)19-6-7-20-14(9-18-3)15(19)12-5-4-11(16)8-13(12)17/h4-5,8,10,14-15,18H,6-7,9H2,1-3H3. The Morgan fingerprint density at radius 3 is 2.75 bits per heavy atom. The van der Waals surface area contributed by atoms with Gasteiger partial charge in [0.15, 0.2) is 0 Å². The molecule has 2 atom stereocenters. The smallest absolute Gasteiger partial charge is 0.131 e. The zero-order chi connectivity index (χ0) is 14.7. The van der Waals surface area contributed by atoms with E-state index in [2.05, 4.69) is 24.1 Å². The zero-order valence-corrected chi connectivity index (χ0v) is 12.2. The summed E-state index contributed by atoms with van der Waals surface area (Å²) in [5.41, 5.74) is 0.500. The number of hydrogen-bond donors (Lipinski definition) is 1. The van der Waals surface area contributed by atoms with Gasteiger partial charge in [-0.1, -0.05) is 6.07 Å². The van der Waals surface area contributed by atoms with Gasteiger partial charge < -0.3 is 10.1 Å². The highest BCUT2D eigenvalue weighted by Gasteiger charge is 2.36. The Kier molecular flexibility index (Phi) is 5.07. The summed E-state index contributed by atoms with van der Waals surface area (Å²) >= 11 is 0. The SMILES string of the molecule is CNCC1OCCN(C(C)C)C1c1ccc(F)cc1F. The maximum absolute atomic E-state index is 14.1. The molecule has 3 nitrogen and oxygen atoms in total. The van der Waals surface area contributed by atoms with Crippen molar-refractivity contribution in [1.82, 2.24) is 10.2 Å². The average molecular weight is 284 g/mol. The Bertz CT molecular complexity index is 451. The normalized spacial score (nSPS) is 24.3. The number of benzene rings is 1. The minimum atomic E-state index is -0.552. The number of halogens is 2. The summed E-state index contributed by atoms with van der Waals surface area (Å²) < 4.78 is 33.0. The van der Waals surface area contributed by atoms with Gasteiger partial charge in [0.25, 0.3) is 0 Å². The van der Waals surface area contributed by atoms with Crippen LogP contribution in [0.15, 0.2) is 18.2 Å². The summed E-state index contributed by atoms with van der Waals surface area (Å²) in [5.74, 6) is -1.06. The van der Waals surface area contributed by atoms with Crippen molar-refractivity contribution in [1.29, 1.82) is 0 Å². The van der Waals surface area contributed by atoms with E-state index in [1.807, 2.05) is 7.05 Å². The number of rotatable bonds is 4. The number of hydrogen-bond acceptors (Lipinski definition) is 3. The Morgan fingerprint density at radius 1 is 1.40 bits per heavy atom. The lowest BCUT2D eigenvalue weighted by Crippen LogP contribution is -2.51. The predicted octanol–water partition coefficient (Wildman–Crippen LogP) is 2.33. The Labute approximate surface area is 118 Å². The number of ether oxygens (including phenoxy) is 1. The third kappa shape index (κ3) is 3.16. The van der Waals surface area contributed by atoms with Gasteiger partial charge in [0, 0.05) is 30.8 Å². The van der Waals surface area contributed by atoms with E-state index in [4.69, 9.17) is 4.74 Å². The highest BCUT2D eigenvalue weighted by Crippen LogP contribution is 2.32. The topological polar surface area (TPSA) is 24.5 Å². The van der Waals surface area contributed by atoms with Gasteiger partial charge in [-0.3, -0.25) is 4.90 Å². The van der Waals surface area contributed by atoms with Crippen LogP contribution in [0.3, 0.4) is 0 Å². The summed E-state index contributed by atoms with van der Waals surface area (Å²) in [7, 11) is 1.84. The molecular weight excluding hydrogens is 262 g/mol. The number of nitrogens with zero attached hydrogens (tertiary/aromatic N) is 1. The van der Waals surface area contributed by atoms with E-state index in [1.54, 1.807) is 0 Å². The van der Waals surface area contributed by atoms with Crippen molar-refractivity contribution in [2.75, 3.05) is 26.7 Å². The molecule has 1 fully saturated rings. The van der Waals surface area contributed by atoms with Crippen LogP contribution in [0.2, 0.25) is 0 Å². The molecule has 0 radical (unpaired) electrons. The Morgan fingerprint density at radius 2 is 2.15 bits per heavy atom. The summed E-state index contributed by atoms with van der Waals surface area (Å²) in [6.45, 7) is 6.17. The van der Waals surface area contributed by atoms with E-state index in [0.29, 0.717) is 18.7 Å². The first-order valence-electron chi connectivity index (χ1n) is 7.01. The number of nitrogens with one attached hydrogen (secondary N) is 1. The minimum absolute atomic E-state index is 0.142. The number of morpholine rings is 1. The molecule has 2 rings (SSSR count). The van der Waals surface area contributed by atoms with Crippen molar-refractivity contribution >= 4 is 0 Å². The Balaban J connectivity index is 2.37. The molecule has 1 saturated heterocycles. The minimum Gasteiger partial charge on any atom is -0.374 e. The second-order valence-electron chi connectivity index (χ2n) is 5.41. The van der Waals surface area contributed by atoms with E-state index in [1.165, 1.54) is 12.1 Å². The molecule has 1 aliphatic rings. The molecule has 1 N–H and O–H groups in total. The third-order valence-corrected chi connectivity index (χ3v) is 3.74. The Hall–Kier alpha value is -1.04. The average Bonchev–Trinajstić information content (AvgIpc) is 2.39. The van der Waals surface area contributed by atoms with Crippen LogP contribution in [0.5, 0.6) is 0 Å². The van der Waals surface area contributed by atoms with E-state index in [-0.39, 0.29) is 18.2 Å². The van der Waals surface area contributed by atoms with Gasteiger partial charge in [-0.15, -0.1) is 0 Å². The maximum atomic E-state index is 14.1. The molecule has 20 heavy (non-hydrogen) atoms. The van der Waals surface area contributed by atoms with Crippen LogP contribution in [0.1, 0.15) is 25.5 Å². The lowest BCUT2D eigenvalue weighted by atomic mass is 9.96. The third-order valence-electron chi connectivity index (χ3n) is 3.74. The van der Waals surface area contributed by atoms with Crippen molar-refractivity contribution in [2.45, 2.75) is 32.0 Å². The van der Waals surface area contributed by atoms with Gasteiger partial charge in [0.05, 0.1) is 18.8 Å². The summed E-state index contributed by atoms with van der Waals surface area (Å²) in [6.07, 6.45) is -0.142. The van der Waals surface area contributed by atoms with Gasteiger partial charge in [-0.25, -0.2) is 8.78 Å². The first-order chi connectivity index (χ1) is 9.54. The van der Waals surface area contributed by atoms with Crippen LogP contribution in [0.25, 0.3) is 0 Å². The quantitative estimate of drug-likeness (QED) is 0.918. The van der Waals surface area contributed by atoms with E-state index in [0.717, 1.165) is 12.6 Å². The fourth-order valence-corrected chi connectivity index (χ4v) is 2.82. The van der Waals surface area contributed by atoms with E-state index in [9.17, 15) is 8.78 Å². The highest BCUT2D eigenvalue weighted by molar-refractivity contribution is 5.24. The summed E-state index contributed by atoms with van der Waals surface area (Å²) in [5, 5.41) is 3.08. The molecular formula is C15H22F2N2O. The van der Waals surface area contributed by atoms with Crippen molar-refractivity contribution in [2.24, 2.45) is 0 Å². The first-order valence-corrected chi connectivity index (χ1v) is 7.01. The maximum Gasteiger partial charge on any atom is 0.131 e. The lowest BCUT2D eigenvalue weighted by molar-refractivity contribution is -0.0825. The van der Waals surface area contributed by atoms with Crippen molar-refractivity contribution in [3.05, 3.63) is 35.4 Å². The van der Waals surface area contributed by atoms with Crippen LogP contribution in [-0.4, -0.2) is 43.8 Å². The molecule has 0 spiro atoms. The predicted molar refractivity (Wildman–Crippen MR) is 74.6 cm³/mol. The van der Waals surface area contributed by atoms with Crippen LogP contribution in [0, 0.1) is 11.6 Å². The molecule has 5 heteroatoms. The van der Waals surface area contributed by atoms with Crippen molar-refractivity contribution < 1.29 is 13.5 Å². The monoisotopic (exact) mass is 284 g/mol. The molecule has 0 amide bonds. The lowest BCUT2D eigenvalue weighted by Gasteiger charge is -2.43. The van der Waals surface area contributed by atoms with Gasteiger partial charge in [0.2, 0.25) is 0 Å². The molecule has 0 saturated carbocycles. The number of likely N-dealkylation sites (N-methyl/N-ethyl adjacent to an activating group) is 1. The fraction of sp³-hybridized carbons (Fsp3) is 0.600. The van der Waals surface area contributed by atoms with Crippen molar-refractivity contribution in [3.8, 4) is 0 Å². The molecule has 1 heterocycles. The summed E-state index contributed by atoms with van der Waals surface area (Å²) in [6, 6.07) is 3.85. The van der Waals surface area contributed by atoms with Crippen LogP contribution < -0.4 is 5.32 Å². The molecule has 112 valence electrons. The van der Waals surface area contributed by atoms with Crippen LogP contribution >= 0.6 is 0 Å². The van der Waals surface area contributed by atoms with Crippen LogP contribution in [-0.2, 0) is 4.74 Å². The molecule has 1 aromatic carbocycles. The first kappa shape index (κ1) is 15.4. The molecule has 1 aromatic rings. The zero-order valence-electron chi connectivity index (χ0n) is 12.2. The van der Waals surface area contributed by atoms with Gasteiger partial charge in [0.1, 0.15) is 11.6 Å². The molecule has 1 aliphatic heterocycles. The molecule has 0 aliphatic carbocycles. The second-order valence-corrected chi connectivity index (χ2v) is 5.41. The second kappa shape index (κ2) is 6.61. The molecule has 0 aromatic heterocycles.